The molecular weight excluding hydrogens is 682 g/mol. The van der Waals surface area contributed by atoms with Crippen molar-refractivity contribution in [3.05, 3.63) is 82.4 Å². The molecule has 8 N–H and O–H groups in total. The van der Waals surface area contributed by atoms with Crippen LogP contribution in [0.4, 0.5) is 5.69 Å². The number of guanidine groups is 1. The van der Waals surface area contributed by atoms with Crippen molar-refractivity contribution < 1.29 is 58.3 Å². The highest BCUT2D eigenvalue weighted by molar-refractivity contribution is 6.02. The van der Waals surface area contributed by atoms with Crippen LogP contribution in [0.25, 0.3) is 0 Å². The number of carboxylic acid groups (broad SMARTS) is 3. The van der Waals surface area contributed by atoms with Gasteiger partial charge >= 0.3 is 23.9 Å². The van der Waals surface area contributed by atoms with E-state index in [0.717, 1.165) is 0 Å². The van der Waals surface area contributed by atoms with Crippen molar-refractivity contribution in [2.24, 2.45) is 5.73 Å². The molecule has 1 atom stereocenters. The standard InChI is InChI=1S/C35H37N5O12/c1-50-23-9-4-19(5-10-23)15-25(33(47)48)39-32(46)30-20(7-13-27(41)40(17-28(42)43)18-29(44)45)6-12-26-31(30)51-14-2-3-21-16-22(38-35(36)37)8-11-24(21)34(49)52-26/h4-6,8-12,16,25H,2-3,7,13-15,17-18H2,1H3,(H,39,46)(H,42,43)(H,44,45)(H,47,48)(H4,36,37,38). The Morgan fingerprint density at radius 3 is 2.31 bits per heavy atom. The van der Waals surface area contributed by atoms with Crippen molar-refractivity contribution >= 4 is 47.3 Å². The minimum Gasteiger partial charge on any atom is -0.497 e. The number of methoxy groups -OCH3 is 1. The van der Waals surface area contributed by atoms with Crippen LogP contribution in [0, 0.1) is 5.41 Å². The summed E-state index contributed by atoms with van der Waals surface area (Å²) >= 11 is 0. The Morgan fingerprint density at radius 1 is 1.00 bits per heavy atom. The predicted molar refractivity (Wildman–Crippen MR) is 183 cm³/mol. The highest BCUT2D eigenvalue weighted by Gasteiger charge is 2.30. The van der Waals surface area contributed by atoms with E-state index >= 15 is 0 Å². The van der Waals surface area contributed by atoms with E-state index in [9.17, 15) is 44.1 Å². The molecule has 0 aromatic heterocycles. The summed E-state index contributed by atoms with van der Waals surface area (Å²) in [4.78, 5) is 76.1. The first-order valence-electron chi connectivity index (χ1n) is 15.9. The minimum atomic E-state index is -1.44. The molecule has 52 heavy (non-hydrogen) atoms. The Balaban J connectivity index is 1.72. The molecule has 17 heteroatoms. The summed E-state index contributed by atoms with van der Waals surface area (Å²) in [6.07, 6.45) is -0.138. The fraction of sp³-hybridized carbons (Fsp3) is 0.286. The van der Waals surface area contributed by atoms with Gasteiger partial charge in [-0.05, 0) is 72.4 Å². The molecule has 0 spiro atoms. The van der Waals surface area contributed by atoms with Crippen molar-refractivity contribution in [1.29, 1.82) is 5.41 Å². The second-order valence-electron chi connectivity index (χ2n) is 11.6. The lowest BCUT2D eigenvalue weighted by Crippen LogP contribution is -2.43. The normalized spacial score (nSPS) is 12.8. The molecule has 1 aliphatic heterocycles. The maximum absolute atomic E-state index is 14.1. The zero-order chi connectivity index (χ0) is 37.9. The van der Waals surface area contributed by atoms with Gasteiger partial charge in [-0.25, -0.2) is 9.59 Å². The third kappa shape index (κ3) is 10.2. The molecule has 0 saturated heterocycles. The number of carbonyl (C=O) groups excluding carboxylic acids is 3. The predicted octanol–water partition coefficient (Wildman–Crippen LogP) is 1.90. The Kier molecular flexibility index (Phi) is 12.7. The number of nitrogens with two attached hydrogens (primary N) is 1. The molecule has 4 rings (SSSR count). The number of rotatable bonds is 14. The van der Waals surface area contributed by atoms with E-state index in [4.69, 9.17) is 25.4 Å². The summed E-state index contributed by atoms with van der Waals surface area (Å²) in [5, 5.41) is 41.1. The van der Waals surface area contributed by atoms with Crippen LogP contribution >= 0.6 is 0 Å². The summed E-state index contributed by atoms with van der Waals surface area (Å²) in [6, 6.07) is 12.5. The van der Waals surface area contributed by atoms with Crippen molar-refractivity contribution in [2.75, 3.05) is 32.1 Å². The molecule has 1 aliphatic rings. The molecule has 3 aromatic carbocycles. The minimum absolute atomic E-state index is 0.00374. The van der Waals surface area contributed by atoms with E-state index in [1.165, 1.54) is 31.4 Å². The number of aliphatic carboxylic acids is 3. The average molecular weight is 720 g/mol. The second-order valence-corrected chi connectivity index (χ2v) is 11.6. The Bertz CT molecular complexity index is 1860. The fourth-order valence-corrected chi connectivity index (χ4v) is 5.50. The average Bonchev–Trinajstić information content (AvgIpc) is 3.08. The molecule has 0 fully saturated rings. The van der Waals surface area contributed by atoms with Gasteiger partial charge in [-0.1, -0.05) is 18.2 Å². The number of aryl methyl sites for hydroxylation is 2. The lowest BCUT2D eigenvalue weighted by atomic mass is 9.98. The molecule has 274 valence electrons. The van der Waals surface area contributed by atoms with Gasteiger partial charge in [0.05, 0.1) is 24.8 Å². The monoisotopic (exact) mass is 719 g/mol. The molecule has 3 aromatic rings. The van der Waals surface area contributed by atoms with Gasteiger partial charge in [0.1, 0.15) is 24.9 Å². The number of ether oxygens (including phenoxy) is 3. The van der Waals surface area contributed by atoms with E-state index in [1.54, 1.807) is 30.3 Å². The van der Waals surface area contributed by atoms with Crippen LogP contribution in [0.3, 0.4) is 0 Å². The summed E-state index contributed by atoms with van der Waals surface area (Å²) in [7, 11) is 1.48. The number of carboxylic acids is 3. The molecule has 17 nitrogen and oxygen atoms in total. The molecule has 0 saturated carbocycles. The third-order valence-corrected chi connectivity index (χ3v) is 7.89. The summed E-state index contributed by atoms with van der Waals surface area (Å²) in [5.74, 6) is -6.90. The van der Waals surface area contributed by atoms with Gasteiger partial charge < -0.3 is 50.8 Å². The Hall–Kier alpha value is -6.65. The van der Waals surface area contributed by atoms with E-state index in [0.29, 0.717) is 40.3 Å². The number of fused-ring (bicyclic) bond motifs is 2. The van der Waals surface area contributed by atoms with Crippen LogP contribution in [0.2, 0.25) is 0 Å². The van der Waals surface area contributed by atoms with Crippen LogP contribution < -0.4 is 30.6 Å². The molecular formula is C35H37N5O12. The van der Waals surface area contributed by atoms with E-state index in [1.807, 2.05) is 0 Å². The quantitative estimate of drug-likeness (QED) is 0.0543. The highest BCUT2D eigenvalue weighted by atomic mass is 16.6. The van der Waals surface area contributed by atoms with Gasteiger partial charge in [0.25, 0.3) is 5.91 Å². The molecule has 2 amide bonds. The van der Waals surface area contributed by atoms with Crippen molar-refractivity contribution in [3.63, 3.8) is 0 Å². The van der Waals surface area contributed by atoms with Crippen molar-refractivity contribution in [2.45, 2.75) is 38.1 Å². The first kappa shape index (κ1) is 38.2. The maximum atomic E-state index is 14.1. The Labute approximate surface area is 296 Å². The summed E-state index contributed by atoms with van der Waals surface area (Å²) < 4.78 is 16.9. The van der Waals surface area contributed by atoms with Crippen LogP contribution in [-0.4, -0.2) is 94.7 Å². The molecule has 0 bridgehead atoms. The lowest BCUT2D eigenvalue weighted by Gasteiger charge is -2.23. The lowest BCUT2D eigenvalue weighted by molar-refractivity contribution is -0.149. The summed E-state index contributed by atoms with van der Waals surface area (Å²) in [5.41, 5.74) is 7.18. The third-order valence-electron chi connectivity index (χ3n) is 7.89. The molecule has 0 radical (unpaired) electrons. The zero-order valence-electron chi connectivity index (χ0n) is 28.0. The van der Waals surface area contributed by atoms with Gasteiger partial charge in [-0.15, -0.1) is 0 Å². The Morgan fingerprint density at radius 2 is 1.69 bits per heavy atom. The number of benzene rings is 3. The van der Waals surface area contributed by atoms with Gasteiger partial charge in [0, 0.05) is 18.5 Å². The van der Waals surface area contributed by atoms with E-state index in [2.05, 4.69) is 10.6 Å². The smallest absolute Gasteiger partial charge is 0.343 e. The first-order chi connectivity index (χ1) is 24.7. The van der Waals surface area contributed by atoms with Crippen LogP contribution in [-0.2, 0) is 38.4 Å². The van der Waals surface area contributed by atoms with E-state index < -0.39 is 61.2 Å². The highest BCUT2D eigenvalue weighted by Crippen LogP contribution is 2.37. The molecule has 1 unspecified atom stereocenters. The van der Waals surface area contributed by atoms with Gasteiger partial charge in [-0.2, -0.15) is 0 Å². The summed E-state index contributed by atoms with van der Waals surface area (Å²) in [6.45, 7) is -1.75. The molecule has 0 aliphatic carbocycles. The second kappa shape index (κ2) is 17.3. The van der Waals surface area contributed by atoms with Crippen LogP contribution in [0.1, 0.15) is 50.2 Å². The van der Waals surface area contributed by atoms with E-state index in [-0.39, 0.29) is 53.6 Å². The number of hydrogen-bond acceptors (Lipinski definition) is 10. The van der Waals surface area contributed by atoms with Gasteiger partial charge in [-0.3, -0.25) is 24.6 Å². The first-order valence-corrected chi connectivity index (χ1v) is 15.9. The number of nitrogens with zero attached hydrogens (tertiary/aromatic N) is 1. The van der Waals surface area contributed by atoms with Crippen molar-refractivity contribution in [1.82, 2.24) is 10.2 Å². The fourth-order valence-electron chi connectivity index (χ4n) is 5.50. The van der Waals surface area contributed by atoms with Crippen molar-refractivity contribution in [3.8, 4) is 17.2 Å². The number of nitrogens with one attached hydrogen (secondary N) is 3. The van der Waals surface area contributed by atoms with Crippen LogP contribution in [0.15, 0.2) is 54.6 Å². The zero-order valence-corrected chi connectivity index (χ0v) is 28.0. The van der Waals surface area contributed by atoms with Crippen LogP contribution in [0.5, 0.6) is 17.2 Å². The van der Waals surface area contributed by atoms with Gasteiger partial charge in [0.15, 0.2) is 17.5 Å². The SMILES string of the molecule is COc1ccc(CC(NC(=O)c2c(CCC(=O)N(CC(=O)O)CC(=O)O)ccc3c2OCCCc2cc(NC(=N)N)ccc2C(=O)O3)C(=O)O)cc1. The number of anilines is 1. The largest absolute Gasteiger partial charge is 0.497 e. The number of amides is 2. The van der Waals surface area contributed by atoms with Gasteiger partial charge in [0.2, 0.25) is 5.91 Å². The number of carbonyl (C=O) groups is 6. The topological polar surface area (TPSA) is 268 Å². The molecule has 1 heterocycles. The maximum Gasteiger partial charge on any atom is 0.343 e. The number of esters is 1. The number of hydrogen-bond donors (Lipinski definition) is 7.